The first-order valence-electron chi connectivity index (χ1n) is 11.7. The molecule has 7 heteroatoms. The van der Waals surface area contributed by atoms with E-state index in [0.29, 0.717) is 17.6 Å². The van der Waals surface area contributed by atoms with E-state index in [1.54, 1.807) is 18.6 Å². The summed E-state index contributed by atoms with van der Waals surface area (Å²) in [6.07, 6.45) is 11.4. The molecule has 0 aliphatic heterocycles. The molecule has 5 rings (SSSR count). The van der Waals surface area contributed by atoms with E-state index in [-0.39, 0.29) is 17.5 Å². The molecule has 0 unspecified atom stereocenters. The topological polar surface area (TPSA) is 94.8 Å². The van der Waals surface area contributed by atoms with Gasteiger partial charge < -0.3 is 10.2 Å². The van der Waals surface area contributed by atoms with Crippen LogP contribution in [0.2, 0.25) is 0 Å². The summed E-state index contributed by atoms with van der Waals surface area (Å²) in [6.45, 7) is 0. The summed E-state index contributed by atoms with van der Waals surface area (Å²) in [5.41, 5.74) is 4.22. The van der Waals surface area contributed by atoms with Crippen LogP contribution in [-0.2, 0) is 0 Å². The van der Waals surface area contributed by atoms with E-state index in [4.69, 9.17) is 5.26 Å². The molecule has 2 aliphatic rings. The number of hydrogen-bond acceptors (Lipinski definition) is 7. The van der Waals surface area contributed by atoms with Crippen molar-refractivity contribution < 1.29 is 4.79 Å². The molecule has 3 aromatic rings. The minimum Gasteiger partial charge on any atom is -0.381 e. The zero-order chi connectivity index (χ0) is 22.9. The Morgan fingerprint density at radius 3 is 2.36 bits per heavy atom. The van der Waals surface area contributed by atoms with Gasteiger partial charge in [0.15, 0.2) is 5.78 Å². The van der Waals surface area contributed by atoms with Crippen LogP contribution in [0.1, 0.15) is 54.7 Å². The molecule has 0 amide bonds. The molecule has 1 N–H and O–H groups in total. The van der Waals surface area contributed by atoms with Crippen molar-refractivity contribution in [3.63, 3.8) is 0 Å². The second kappa shape index (κ2) is 8.87. The highest BCUT2D eigenvalue weighted by Gasteiger charge is 2.33. The Hall–Kier alpha value is -3.37. The number of anilines is 1. The van der Waals surface area contributed by atoms with Gasteiger partial charge in [0.1, 0.15) is 6.07 Å². The molecule has 2 aromatic heterocycles. The monoisotopic (exact) mass is 440 g/mol. The number of rotatable bonds is 6. The van der Waals surface area contributed by atoms with Crippen LogP contribution in [0.25, 0.3) is 22.0 Å². The Kier molecular flexibility index (Phi) is 5.77. The Morgan fingerprint density at radius 1 is 1.00 bits per heavy atom. The Balaban J connectivity index is 1.53. The second-order valence-electron chi connectivity index (χ2n) is 9.44. The van der Waals surface area contributed by atoms with Crippen LogP contribution in [0.5, 0.6) is 0 Å². The molecule has 2 aliphatic carbocycles. The summed E-state index contributed by atoms with van der Waals surface area (Å²) in [5.74, 6) is 0.472. The number of benzene rings is 1. The van der Waals surface area contributed by atoms with Gasteiger partial charge in [-0.05, 0) is 70.3 Å². The fourth-order valence-corrected chi connectivity index (χ4v) is 4.76. The second-order valence-corrected chi connectivity index (χ2v) is 9.44. The molecule has 0 saturated heterocycles. The first-order chi connectivity index (χ1) is 16.0. The van der Waals surface area contributed by atoms with Crippen LogP contribution < -0.4 is 5.32 Å². The van der Waals surface area contributed by atoms with Crippen LogP contribution in [-0.4, -0.2) is 51.8 Å². The van der Waals surface area contributed by atoms with E-state index in [1.807, 2.05) is 18.2 Å². The number of aromatic nitrogens is 3. The summed E-state index contributed by atoms with van der Waals surface area (Å²) in [4.78, 5) is 28.3. The van der Waals surface area contributed by atoms with Crippen LogP contribution in [0.15, 0.2) is 36.8 Å². The molecule has 0 atom stereocenters. The van der Waals surface area contributed by atoms with Crippen molar-refractivity contribution in [1.82, 2.24) is 19.9 Å². The molecule has 0 spiro atoms. The van der Waals surface area contributed by atoms with Gasteiger partial charge in [0.25, 0.3) is 0 Å². The van der Waals surface area contributed by atoms with Crippen molar-refractivity contribution in [2.24, 2.45) is 5.92 Å². The summed E-state index contributed by atoms with van der Waals surface area (Å²) < 4.78 is 0. The van der Waals surface area contributed by atoms with Gasteiger partial charge in [-0.2, -0.15) is 5.26 Å². The highest BCUT2D eigenvalue weighted by Crippen LogP contribution is 2.38. The molecule has 0 radical (unpaired) electrons. The number of nitrogens with one attached hydrogen (secondary N) is 1. The first-order valence-corrected chi connectivity index (χ1v) is 11.7. The van der Waals surface area contributed by atoms with Crippen molar-refractivity contribution in [3.05, 3.63) is 48.2 Å². The Morgan fingerprint density at radius 2 is 1.73 bits per heavy atom. The van der Waals surface area contributed by atoms with Gasteiger partial charge in [-0.25, -0.2) is 9.97 Å². The normalized spacial score (nSPS) is 20.5. The lowest BCUT2D eigenvalue weighted by Gasteiger charge is -2.34. The zero-order valence-corrected chi connectivity index (χ0v) is 19.1. The van der Waals surface area contributed by atoms with E-state index in [1.165, 1.54) is 0 Å². The molecule has 168 valence electrons. The molecule has 2 fully saturated rings. The van der Waals surface area contributed by atoms with Crippen molar-refractivity contribution >= 4 is 22.4 Å². The van der Waals surface area contributed by atoms with Crippen LogP contribution in [0.3, 0.4) is 0 Å². The number of nitriles is 1. The highest BCUT2D eigenvalue weighted by molar-refractivity contribution is 6.10. The summed E-state index contributed by atoms with van der Waals surface area (Å²) in [6, 6.07) is 8.92. The lowest BCUT2D eigenvalue weighted by molar-refractivity contribution is 0.0968. The van der Waals surface area contributed by atoms with E-state index in [2.05, 4.69) is 45.3 Å². The molecule has 33 heavy (non-hydrogen) atoms. The van der Waals surface area contributed by atoms with Gasteiger partial charge in [-0.15, -0.1) is 0 Å². The number of hydrogen-bond donors (Lipinski definition) is 1. The van der Waals surface area contributed by atoms with Crippen LogP contribution >= 0.6 is 0 Å². The van der Waals surface area contributed by atoms with Gasteiger partial charge >= 0.3 is 0 Å². The van der Waals surface area contributed by atoms with Gasteiger partial charge in [0.05, 0.1) is 16.8 Å². The number of Topliss-reactive ketones (excluding diaryl/α,β-unsaturated/α-hetero) is 1. The number of carbonyl (C=O) groups is 1. The third-order valence-electron chi connectivity index (χ3n) is 6.94. The molecule has 2 heterocycles. The fraction of sp³-hybridized carbons (Fsp3) is 0.423. The molecule has 0 bridgehead atoms. The van der Waals surface area contributed by atoms with Crippen LogP contribution in [0.4, 0.5) is 5.69 Å². The fourth-order valence-electron chi connectivity index (χ4n) is 4.76. The highest BCUT2D eigenvalue weighted by atomic mass is 16.1. The number of carbonyl (C=O) groups excluding carboxylic acids is 1. The average molecular weight is 441 g/mol. The third-order valence-corrected chi connectivity index (χ3v) is 6.94. The maximum atomic E-state index is 13.1. The Labute approximate surface area is 193 Å². The molecule has 2 saturated carbocycles. The van der Waals surface area contributed by atoms with E-state index in [0.717, 1.165) is 66.2 Å². The number of ketones is 1. The van der Waals surface area contributed by atoms with Gasteiger partial charge in [-0.1, -0.05) is 6.07 Å². The number of fused-ring (bicyclic) bond motifs is 1. The van der Waals surface area contributed by atoms with E-state index >= 15 is 0 Å². The smallest absolute Gasteiger partial charge is 0.232 e. The lowest BCUT2D eigenvalue weighted by Crippen LogP contribution is -2.36. The Bertz CT molecular complexity index is 1220. The van der Waals surface area contributed by atoms with E-state index < -0.39 is 0 Å². The molecule has 7 nitrogen and oxygen atoms in total. The average Bonchev–Trinajstić information content (AvgIpc) is 3.69. The van der Waals surface area contributed by atoms with Crippen molar-refractivity contribution in [3.8, 4) is 17.2 Å². The van der Waals surface area contributed by atoms with Crippen LogP contribution in [0, 0.1) is 17.2 Å². The summed E-state index contributed by atoms with van der Waals surface area (Å²) in [7, 11) is 4.30. The van der Waals surface area contributed by atoms with E-state index in [9.17, 15) is 4.79 Å². The molecular weight excluding hydrogens is 412 g/mol. The van der Waals surface area contributed by atoms with Crippen molar-refractivity contribution in [1.29, 1.82) is 5.26 Å². The predicted molar refractivity (Wildman–Crippen MR) is 128 cm³/mol. The minimum absolute atomic E-state index is 0.129. The quantitative estimate of drug-likeness (QED) is 0.566. The minimum atomic E-state index is 0.129. The summed E-state index contributed by atoms with van der Waals surface area (Å²) in [5, 5.41) is 13.7. The lowest BCUT2D eigenvalue weighted by atomic mass is 9.89. The molecular formula is C26H28N6O. The maximum absolute atomic E-state index is 13.1. The number of pyridine rings is 1. The SMILES string of the molecule is CN(C)C1CCC(Nc2c(C(=O)C3CC3)cnc3ccc(-c4cnc(C#N)nc4)cc23)CC1. The first kappa shape index (κ1) is 21.5. The van der Waals surface area contributed by atoms with Gasteiger partial charge in [0, 0.05) is 47.5 Å². The maximum Gasteiger partial charge on any atom is 0.232 e. The summed E-state index contributed by atoms with van der Waals surface area (Å²) >= 11 is 0. The zero-order valence-electron chi connectivity index (χ0n) is 19.1. The van der Waals surface area contributed by atoms with Gasteiger partial charge in [0.2, 0.25) is 5.82 Å². The van der Waals surface area contributed by atoms with Gasteiger partial charge in [-0.3, -0.25) is 9.78 Å². The molecule has 1 aromatic carbocycles. The predicted octanol–water partition coefficient (Wildman–Crippen LogP) is 4.44. The largest absolute Gasteiger partial charge is 0.381 e. The third kappa shape index (κ3) is 4.44. The standard InChI is InChI=1S/C26H28N6O/c1-32(2)20-8-6-19(7-9-20)31-25-21-11-17(18-13-29-24(12-27)30-14-18)5-10-23(21)28-15-22(25)26(33)16-3-4-16/h5,10-11,13-16,19-20H,3-4,6-9H2,1-2H3,(H,28,31). The van der Waals surface area contributed by atoms with Crippen molar-refractivity contribution in [2.45, 2.75) is 50.6 Å². The number of nitrogens with zero attached hydrogens (tertiary/aromatic N) is 5. The van der Waals surface area contributed by atoms with Crippen molar-refractivity contribution in [2.75, 3.05) is 19.4 Å².